The maximum atomic E-state index is 13.4. The van der Waals surface area contributed by atoms with Gasteiger partial charge in [0.2, 0.25) is 0 Å². The Kier molecular flexibility index (Phi) is 6.39. The molecule has 1 aromatic heterocycles. The highest BCUT2D eigenvalue weighted by atomic mass is 32.2. The van der Waals surface area contributed by atoms with E-state index in [1.54, 1.807) is 12.1 Å². The molecule has 2 heterocycles. The summed E-state index contributed by atoms with van der Waals surface area (Å²) >= 11 is 0. The summed E-state index contributed by atoms with van der Waals surface area (Å²) in [5.41, 5.74) is 3.74. The molecule has 4 nitrogen and oxygen atoms in total. The van der Waals surface area contributed by atoms with Crippen molar-refractivity contribution in [2.75, 3.05) is 23.9 Å². The highest BCUT2D eigenvalue weighted by molar-refractivity contribution is 7.85. The first-order chi connectivity index (χ1) is 14.8. The number of anilines is 1. The van der Waals surface area contributed by atoms with Crippen molar-refractivity contribution in [2.24, 2.45) is 0 Å². The van der Waals surface area contributed by atoms with Crippen LogP contribution in [0.25, 0.3) is 22.2 Å². The lowest BCUT2D eigenvalue weighted by Crippen LogP contribution is -2.29. The largest absolute Gasteiger partial charge is 0.406 e. The van der Waals surface area contributed by atoms with Gasteiger partial charge in [-0.15, -0.1) is 0 Å². The summed E-state index contributed by atoms with van der Waals surface area (Å²) in [6, 6.07) is 15.1. The van der Waals surface area contributed by atoms with Gasteiger partial charge in [-0.1, -0.05) is 30.3 Å². The van der Waals surface area contributed by atoms with Gasteiger partial charge in [0, 0.05) is 51.7 Å². The molecule has 0 unspecified atom stereocenters. The third-order valence-electron chi connectivity index (χ3n) is 5.66. The quantitative estimate of drug-likeness (QED) is 0.562. The van der Waals surface area contributed by atoms with Crippen molar-refractivity contribution in [1.29, 1.82) is 0 Å². The summed E-state index contributed by atoms with van der Waals surface area (Å²) in [5, 5.41) is 7.33. The number of fused-ring (bicyclic) bond motifs is 1. The third kappa shape index (κ3) is 5.13. The molecule has 1 fully saturated rings. The lowest BCUT2D eigenvalue weighted by Gasteiger charge is -2.24. The number of halogens is 3. The number of rotatable bonds is 6. The topological polar surface area (TPSA) is 46.1 Å². The molecule has 0 aliphatic carbocycles. The second kappa shape index (κ2) is 9.04. The average molecular weight is 450 g/mol. The molecule has 0 amide bonds. The van der Waals surface area contributed by atoms with Crippen molar-refractivity contribution >= 4 is 27.4 Å². The molecular formula is C23H26F3N3OS. The normalized spacial score (nSPS) is 19.6. The number of nitrogens with one attached hydrogen (secondary N) is 2. The van der Waals surface area contributed by atoms with Gasteiger partial charge in [-0.3, -0.25) is 4.21 Å². The number of benzene rings is 2. The van der Waals surface area contributed by atoms with E-state index in [0.29, 0.717) is 29.3 Å². The van der Waals surface area contributed by atoms with Crippen molar-refractivity contribution < 1.29 is 17.4 Å². The van der Waals surface area contributed by atoms with E-state index in [1.807, 2.05) is 43.4 Å². The minimum absolute atomic E-state index is 0.179. The highest BCUT2D eigenvalue weighted by Gasteiger charge is 2.30. The Bertz CT molecular complexity index is 1070. The molecule has 0 atom stereocenters. The second-order valence-electron chi connectivity index (χ2n) is 7.96. The maximum Gasteiger partial charge on any atom is 0.406 e. The van der Waals surface area contributed by atoms with Crippen LogP contribution < -0.4 is 10.6 Å². The molecule has 2 aromatic carbocycles. The van der Waals surface area contributed by atoms with Crippen molar-refractivity contribution in [3.63, 3.8) is 0 Å². The summed E-state index contributed by atoms with van der Waals surface area (Å²) in [5.74, 6) is 1.32. The molecule has 0 saturated carbocycles. The Labute approximate surface area is 182 Å². The predicted molar refractivity (Wildman–Crippen MR) is 121 cm³/mol. The van der Waals surface area contributed by atoms with Crippen LogP contribution in [-0.4, -0.2) is 39.5 Å². The molecular weight excluding hydrogens is 423 g/mol. The van der Waals surface area contributed by atoms with Crippen molar-refractivity contribution in [3.8, 4) is 11.3 Å². The van der Waals surface area contributed by atoms with Crippen molar-refractivity contribution in [3.05, 3.63) is 54.1 Å². The lowest BCUT2D eigenvalue weighted by molar-refractivity contribution is -0.139. The van der Waals surface area contributed by atoms with Gasteiger partial charge < -0.3 is 15.2 Å². The first-order valence-electron chi connectivity index (χ1n) is 10.4. The van der Waals surface area contributed by atoms with Crippen LogP contribution in [0.1, 0.15) is 18.4 Å². The Morgan fingerprint density at radius 1 is 1.10 bits per heavy atom. The van der Waals surface area contributed by atoms with Gasteiger partial charge in [-0.2, -0.15) is 13.2 Å². The van der Waals surface area contributed by atoms with E-state index in [2.05, 4.69) is 10.6 Å². The Hall–Kier alpha value is -2.32. The van der Waals surface area contributed by atoms with Crippen LogP contribution in [0.5, 0.6) is 0 Å². The van der Waals surface area contributed by atoms with Gasteiger partial charge in [-0.05, 0) is 49.2 Å². The molecule has 2 N–H and O–H groups in total. The van der Waals surface area contributed by atoms with Crippen molar-refractivity contribution in [2.45, 2.75) is 38.1 Å². The standard InChI is InChI=1S/C23H26F3N3OS/c1-27-14-16-5-7-17(8-6-16)22-13-19-20(28-18-9-11-31(30)12-10-18)3-2-4-21(19)29(22)15-23(24,25)26/h2-8,13,18,27-28H,9-12,14-15H2,1H3. The van der Waals surface area contributed by atoms with Crippen LogP contribution >= 0.6 is 0 Å². The predicted octanol–water partition coefficient (Wildman–Crippen LogP) is 4.91. The molecule has 3 aromatic rings. The summed E-state index contributed by atoms with van der Waals surface area (Å²) in [6.07, 6.45) is -2.73. The molecule has 0 bridgehead atoms. The first kappa shape index (κ1) is 21.9. The van der Waals surface area contributed by atoms with E-state index < -0.39 is 23.5 Å². The van der Waals surface area contributed by atoms with E-state index in [4.69, 9.17) is 0 Å². The summed E-state index contributed by atoms with van der Waals surface area (Å²) in [4.78, 5) is 0. The molecule has 0 radical (unpaired) electrons. The van der Waals surface area contributed by atoms with Crippen LogP contribution in [0.15, 0.2) is 48.5 Å². The summed E-state index contributed by atoms with van der Waals surface area (Å²) in [7, 11) is 1.10. The average Bonchev–Trinajstić information content (AvgIpc) is 3.08. The van der Waals surface area contributed by atoms with Gasteiger partial charge in [0.25, 0.3) is 0 Å². The molecule has 8 heteroatoms. The monoisotopic (exact) mass is 449 g/mol. The van der Waals surface area contributed by atoms with Gasteiger partial charge in [-0.25, -0.2) is 0 Å². The lowest BCUT2D eigenvalue weighted by atomic mass is 10.1. The second-order valence-corrected chi connectivity index (χ2v) is 9.66. The Balaban J connectivity index is 1.75. The van der Waals surface area contributed by atoms with Crippen LogP contribution in [0.3, 0.4) is 0 Å². The zero-order chi connectivity index (χ0) is 22.0. The molecule has 0 spiro atoms. The van der Waals surface area contributed by atoms with Gasteiger partial charge >= 0.3 is 6.18 Å². The molecule has 1 aliphatic heterocycles. The number of aromatic nitrogens is 1. The molecule has 1 saturated heterocycles. The molecule has 166 valence electrons. The van der Waals surface area contributed by atoms with Gasteiger partial charge in [0.1, 0.15) is 6.54 Å². The van der Waals surface area contributed by atoms with Crippen LogP contribution in [0.2, 0.25) is 0 Å². The van der Waals surface area contributed by atoms with E-state index in [0.717, 1.165) is 35.0 Å². The smallest absolute Gasteiger partial charge is 0.382 e. The molecule has 31 heavy (non-hydrogen) atoms. The number of hydrogen-bond acceptors (Lipinski definition) is 3. The fraction of sp³-hybridized carbons (Fsp3) is 0.391. The highest BCUT2D eigenvalue weighted by Crippen LogP contribution is 2.35. The molecule has 1 aliphatic rings. The third-order valence-corrected chi connectivity index (χ3v) is 7.04. The van der Waals surface area contributed by atoms with E-state index in [9.17, 15) is 17.4 Å². The summed E-state index contributed by atoms with van der Waals surface area (Å²) < 4.78 is 53.3. The number of alkyl halides is 3. The zero-order valence-electron chi connectivity index (χ0n) is 17.3. The Morgan fingerprint density at radius 2 is 1.81 bits per heavy atom. The SMILES string of the molecule is CNCc1ccc(-c2cc3c(NC4CCS(=O)CC4)cccc3n2CC(F)(F)F)cc1. The van der Waals surface area contributed by atoms with Crippen LogP contribution in [0.4, 0.5) is 18.9 Å². The Morgan fingerprint density at radius 3 is 2.45 bits per heavy atom. The van der Waals surface area contributed by atoms with E-state index in [1.165, 1.54) is 4.57 Å². The minimum atomic E-state index is -4.33. The summed E-state index contributed by atoms with van der Waals surface area (Å²) in [6.45, 7) is -0.345. The number of nitrogens with zero attached hydrogens (tertiary/aromatic N) is 1. The van der Waals surface area contributed by atoms with E-state index >= 15 is 0 Å². The zero-order valence-corrected chi connectivity index (χ0v) is 18.2. The fourth-order valence-electron chi connectivity index (χ4n) is 4.15. The minimum Gasteiger partial charge on any atom is -0.382 e. The fourth-order valence-corrected chi connectivity index (χ4v) is 5.45. The first-order valence-corrected chi connectivity index (χ1v) is 11.9. The molecule has 4 rings (SSSR count). The van der Waals surface area contributed by atoms with Crippen molar-refractivity contribution in [1.82, 2.24) is 9.88 Å². The van der Waals surface area contributed by atoms with E-state index in [-0.39, 0.29) is 6.04 Å². The number of hydrogen-bond donors (Lipinski definition) is 2. The maximum absolute atomic E-state index is 13.4. The van der Waals surface area contributed by atoms with Gasteiger partial charge in [0.05, 0.1) is 5.52 Å². The van der Waals surface area contributed by atoms with Crippen LogP contribution in [-0.2, 0) is 23.9 Å². The van der Waals surface area contributed by atoms with Gasteiger partial charge in [0.15, 0.2) is 0 Å². The van der Waals surface area contributed by atoms with Crippen LogP contribution in [0, 0.1) is 0 Å².